The van der Waals surface area contributed by atoms with E-state index < -0.39 is 5.97 Å². The molecule has 2 rings (SSSR count). The third kappa shape index (κ3) is 3.28. The van der Waals surface area contributed by atoms with Gasteiger partial charge in [-0.25, -0.2) is 9.78 Å². The number of carboxylic acid groups (broad SMARTS) is 1. The molecule has 0 amide bonds. The van der Waals surface area contributed by atoms with Crippen LogP contribution in [-0.2, 0) is 6.54 Å². The maximum atomic E-state index is 10.9. The summed E-state index contributed by atoms with van der Waals surface area (Å²) in [6.45, 7) is 3.40. The van der Waals surface area contributed by atoms with Gasteiger partial charge in [0.05, 0.1) is 12.4 Å². The van der Waals surface area contributed by atoms with Crippen LogP contribution in [0.1, 0.15) is 23.0 Å². The van der Waals surface area contributed by atoms with Crippen LogP contribution in [0.2, 0.25) is 0 Å². The van der Waals surface area contributed by atoms with E-state index in [2.05, 4.69) is 9.97 Å². The molecule has 0 spiro atoms. The van der Waals surface area contributed by atoms with Crippen LogP contribution in [0.3, 0.4) is 0 Å². The standard InChI is InChI=1S/C14H15N3O2/c1-2-17(10-11-6-4-3-5-7-11)13-9-15-8-12(16-13)14(18)19/h3-9H,2,10H2,1H3,(H,18,19). The molecule has 0 saturated carbocycles. The van der Waals surface area contributed by atoms with Gasteiger partial charge in [-0.2, -0.15) is 0 Å². The van der Waals surface area contributed by atoms with Gasteiger partial charge in [-0.15, -0.1) is 0 Å². The Balaban J connectivity index is 2.22. The minimum absolute atomic E-state index is 0.0380. The molecule has 0 saturated heterocycles. The van der Waals surface area contributed by atoms with Crippen molar-refractivity contribution in [1.82, 2.24) is 9.97 Å². The van der Waals surface area contributed by atoms with E-state index in [0.717, 1.165) is 12.1 Å². The van der Waals surface area contributed by atoms with Gasteiger partial charge in [0.15, 0.2) is 5.69 Å². The van der Waals surface area contributed by atoms with Gasteiger partial charge in [-0.1, -0.05) is 30.3 Å². The van der Waals surface area contributed by atoms with Crippen LogP contribution in [0.5, 0.6) is 0 Å². The van der Waals surface area contributed by atoms with Crippen molar-refractivity contribution in [2.75, 3.05) is 11.4 Å². The second-order valence-corrected chi connectivity index (χ2v) is 4.07. The Morgan fingerprint density at radius 2 is 2.00 bits per heavy atom. The fourth-order valence-corrected chi connectivity index (χ4v) is 1.77. The highest BCUT2D eigenvalue weighted by atomic mass is 16.4. The highest BCUT2D eigenvalue weighted by molar-refractivity contribution is 5.85. The van der Waals surface area contributed by atoms with Crippen LogP contribution in [0.4, 0.5) is 5.82 Å². The number of hydrogen-bond acceptors (Lipinski definition) is 4. The largest absolute Gasteiger partial charge is 0.476 e. The number of hydrogen-bond donors (Lipinski definition) is 1. The Morgan fingerprint density at radius 1 is 1.26 bits per heavy atom. The SMILES string of the molecule is CCN(Cc1ccccc1)c1cncc(C(=O)O)n1. The molecule has 1 aromatic carbocycles. The molecule has 0 aliphatic rings. The number of carbonyl (C=O) groups is 1. The molecule has 19 heavy (non-hydrogen) atoms. The van der Waals surface area contributed by atoms with Gasteiger partial charge in [0.2, 0.25) is 0 Å². The van der Waals surface area contributed by atoms with Crippen molar-refractivity contribution < 1.29 is 9.90 Å². The van der Waals surface area contributed by atoms with Crippen LogP contribution in [0.15, 0.2) is 42.7 Å². The number of carboxylic acids is 1. The molecule has 98 valence electrons. The van der Waals surface area contributed by atoms with Crippen LogP contribution in [-0.4, -0.2) is 27.6 Å². The molecular weight excluding hydrogens is 242 g/mol. The second kappa shape index (κ2) is 5.95. The lowest BCUT2D eigenvalue weighted by Crippen LogP contribution is -2.24. The normalized spacial score (nSPS) is 10.2. The summed E-state index contributed by atoms with van der Waals surface area (Å²) in [5, 5.41) is 8.93. The molecule has 0 fully saturated rings. The summed E-state index contributed by atoms with van der Waals surface area (Å²) in [7, 11) is 0. The smallest absolute Gasteiger partial charge is 0.356 e. The van der Waals surface area contributed by atoms with Gasteiger partial charge < -0.3 is 10.0 Å². The van der Waals surface area contributed by atoms with Crippen molar-refractivity contribution >= 4 is 11.8 Å². The molecule has 5 nitrogen and oxygen atoms in total. The summed E-state index contributed by atoms with van der Waals surface area (Å²) in [5.74, 6) is -0.489. The number of benzene rings is 1. The molecule has 5 heteroatoms. The average Bonchev–Trinajstić information content (AvgIpc) is 2.46. The topological polar surface area (TPSA) is 66.3 Å². The van der Waals surface area contributed by atoms with Gasteiger partial charge in [0.1, 0.15) is 5.82 Å². The first-order valence-corrected chi connectivity index (χ1v) is 6.05. The van der Waals surface area contributed by atoms with E-state index >= 15 is 0 Å². The van der Waals surface area contributed by atoms with Gasteiger partial charge in [-0.3, -0.25) is 4.98 Å². The zero-order valence-corrected chi connectivity index (χ0v) is 10.7. The number of nitrogens with zero attached hydrogens (tertiary/aromatic N) is 3. The number of anilines is 1. The molecule has 0 bridgehead atoms. The van der Waals surface area contributed by atoms with E-state index in [9.17, 15) is 4.79 Å². The monoisotopic (exact) mass is 257 g/mol. The summed E-state index contributed by atoms with van der Waals surface area (Å²) in [4.78, 5) is 20.9. The fourth-order valence-electron chi connectivity index (χ4n) is 1.77. The third-order valence-corrected chi connectivity index (χ3v) is 2.76. The van der Waals surface area contributed by atoms with E-state index in [1.807, 2.05) is 42.2 Å². The molecule has 1 heterocycles. The van der Waals surface area contributed by atoms with Gasteiger partial charge in [-0.05, 0) is 12.5 Å². The number of aromatic nitrogens is 2. The molecule has 0 unspecified atom stereocenters. The zero-order valence-electron chi connectivity index (χ0n) is 10.7. The predicted molar refractivity (Wildman–Crippen MR) is 72.2 cm³/mol. The Kier molecular flexibility index (Phi) is 4.07. The minimum Gasteiger partial charge on any atom is -0.476 e. The third-order valence-electron chi connectivity index (χ3n) is 2.76. The highest BCUT2D eigenvalue weighted by Crippen LogP contribution is 2.13. The lowest BCUT2D eigenvalue weighted by Gasteiger charge is -2.21. The first-order chi connectivity index (χ1) is 9.20. The van der Waals surface area contributed by atoms with Crippen LogP contribution in [0.25, 0.3) is 0 Å². The van der Waals surface area contributed by atoms with Crippen molar-refractivity contribution in [1.29, 1.82) is 0 Å². The first kappa shape index (κ1) is 13.0. The lowest BCUT2D eigenvalue weighted by atomic mass is 10.2. The lowest BCUT2D eigenvalue weighted by molar-refractivity contribution is 0.0690. The Bertz CT molecular complexity index is 558. The molecule has 0 radical (unpaired) electrons. The van der Waals surface area contributed by atoms with E-state index in [0.29, 0.717) is 12.4 Å². The Labute approximate surface area is 111 Å². The summed E-state index contributed by atoms with van der Waals surface area (Å²) < 4.78 is 0. The summed E-state index contributed by atoms with van der Waals surface area (Å²) >= 11 is 0. The summed E-state index contributed by atoms with van der Waals surface area (Å²) in [6, 6.07) is 9.96. The molecule has 1 aromatic heterocycles. The molecular formula is C14H15N3O2. The minimum atomic E-state index is -1.06. The van der Waals surface area contributed by atoms with Crippen molar-refractivity contribution in [3.63, 3.8) is 0 Å². The highest BCUT2D eigenvalue weighted by Gasteiger charge is 2.11. The summed E-state index contributed by atoms with van der Waals surface area (Å²) in [5.41, 5.74) is 1.11. The van der Waals surface area contributed by atoms with E-state index in [-0.39, 0.29) is 5.69 Å². The van der Waals surface area contributed by atoms with E-state index in [1.165, 1.54) is 6.20 Å². The predicted octanol–water partition coefficient (Wildman–Crippen LogP) is 2.20. The molecule has 1 N–H and O–H groups in total. The van der Waals surface area contributed by atoms with Crippen LogP contribution < -0.4 is 4.90 Å². The van der Waals surface area contributed by atoms with E-state index in [4.69, 9.17) is 5.11 Å². The van der Waals surface area contributed by atoms with Crippen molar-refractivity contribution in [2.45, 2.75) is 13.5 Å². The molecule has 0 atom stereocenters. The quantitative estimate of drug-likeness (QED) is 0.889. The van der Waals surface area contributed by atoms with Crippen molar-refractivity contribution in [2.24, 2.45) is 0 Å². The maximum absolute atomic E-state index is 10.9. The van der Waals surface area contributed by atoms with E-state index in [1.54, 1.807) is 6.20 Å². The number of rotatable bonds is 5. The zero-order chi connectivity index (χ0) is 13.7. The number of aromatic carboxylic acids is 1. The van der Waals surface area contributed by atoms with Gasteiger partial charge in [0, 0.05) is 13.1 Å². The average molecular weight is 257 g/mol. The molecule has 2 aromatic rings. The second-order valence-electron chi connectivity index (χ2n) is 4.07. The molecule has 0 aliphatic carbocycles. The maximum Gasteiger partial charge on any atom is 0.356 e. The van der Waals surface area contributed by atoms with Crippen molar-refractivity contribution in [3.8, 4) is 0 Å². The summed E-state index contributed by atoms with van der Waals surface area (Å²) in [6.07, 6.45) is 2.83. The van der Waals surface area contributed by atoms with Crippen LogP contribution >= 0.6 is 0 Å². The van der Waals surface area contributed by atoms with Crippen molar-refractivity contribution in [3.05, 3.63) is 54.0 Å². The first-order valence-electron chi connectivity index (χ1n) is 6.05. The Hall–Kier alpha value is -2.43. The fraction of sp³-hybridized carbons (Fsp3) is 0.214. The molecule has 0 aliphatic heterocycles. The van der Waals surface area contributed by atoms with Crippen LogP contribution in [0, 0.1) is 0 Å². The van der Waals surface area contributed by atoms with Gasteiger partial charge >= 0.3 is 5.97 Å². The Morgan fingerprint density at radius 3 is 2.63 bits per heavy atom. The van der Waals surface area contributed by atoms with Gasteiger partial charge in [0.25, 0.3) is 0 Å².